The number of aliphatic hydroxyl groups is 9. The molecule has 0 aromatic rings. The van der Waals surface area contributed by atoms with Crippen LogP contribution in [-0.4, -0.2) is 150 Å². The summed E-state index contributed by atoms with van der Waals surface area (Å²) in [5.41, 5.74) is 0. The van der Waals surface area contributed by atoms with Crippen LogP contribution in [0.25, 0.3) is 0 Å². The van der Waals surface area contributed by atoms with Crippen molar-refractivity contribution in [1.29, 1.82) is 0 Å². The lowest BCUT2D eigenvalue weighted by atomic mass is 9.84. The first kappa shape index (κ1) is 46.3. The van der Waals surface area contributed by atoms with Crippen LogP contribution in [0.3, 0.4) is 0 Å². The van der Waals surface area contributed by atoms with E-state index in [4.69, 9.17) is 23.3 Å². The fourth-order valence-electron chi connectivity index (χ4n) is 6.11. The summed E-state index contributed by atoms with van der Waals surface area (Å²) in [5, 5.41) is 91.3. The number of hydrogen-bond donors (Lipinski definition) is 10. The van der Waals surface area contributed by atoms with Gasteiger partial charge in [-0.3, -0.25) is 13.8 Å². The molecule has 1 aliphatic heterocycles. The van der Waals surface area contributed by atoms with E-state index in [9.17, 15) is 60.2 Å². The van der Waals surface area contributed by atoms with Gasteiger partial charge in [0.1, 0.15) is 73.8 Å². The lowest BCUT2D eigenvalue weighted by molar-refractivity contribution is -0.338. The van der Waals surface area contributed by atoms with Gasteiger partial charge in [-0.05, 0) is 6.42 Å². The van der Waals surface area contributed by atoms with Gasteiger partial charge in [0.05, 0.1) is 13.2 Å². The van der Waals surface area contributed by atoms with Crippen molar-refractivity contribution in [3.63, 3.8) is 0 Å². The van der Waals surface area contributed by atoms with Crippen LogP contribution in [0.4, 0.5) is 0 Å². The molecule has 0 spiro atoms. The molecule has 0 radical (unpaired) electrons. The predicted octanol–water partition coefficient (Wildman–Crippen LogP) is 0.297. The van der Waals surface area contributed by atoms with Crippen LogP contribution in [0.1, 0.15) is 110 Å². The van der Waals surface area contributed by atoms with Crippen LogP contribution in [0.5, 0.6) is 0 Å². The van der Waals surface area contributed by atoms with Gasteiger partial charge in [0.25, 0.3) is 0 Å². The van der Waals surface area contributed by atoms with Crippen LogP contribution < -0.4 is 0 Å². The first-order valence-corrected chi connectivity index (χ1v) is 19.9. The van der Waals surface area contributed by atoms with Gasteiger partial charge in [-0.2, -0.15) is 0 Å². The number of esters is 1. The Balaban J connectivity index is 1.69. The zero-order valence-corrected chi connectivity index (χ0v) is 30.5. The predicted molar refractivity (Wildman–Crippen MR) is 180 cm³/mol. The van der Waals surface area contributed by atoms with Crippen molar-refractivity contribution in [3.05, 3.63) is 0 Å². The van der Waals surface area contributed by atoms with E-state index in [1.807, 2.05) is 0 Å². The molecule has 0 bridgehead atoms. The van der Waals surface area contributed by atoms with E-state index in [2.05, 4.69) is 6.92 Å². The summed E-state index contributed by atoms with van der Waals surface area (Å²) in [4.78, 5) is 22.4. The minimum atomic E-state index is -5.24. The standard InChI is InChI=1S/C33H63O17P/c1-2-3-4-5-6-7-8-9-10-11-12-13-14-15-16-17-23(36)46-19-21(35)20-47-51(44,45)50-32-29(42)27(40)26(39)28(41)31(32)49-33-30(43)25(38)24(37)22(18-34)48-33/h21-22,24-35,37-43H,2-20H2,1H3,(H,44,45)/t21-,22?,24-,25?,26-,27?,28?,29?,30-,31-,32-,33-/m1/s1. The molecule has 2 aliphatic rings. The second-order valence-corrected chi connectivity index (χ2v) is 15.0. The smallest absolute Gasteiger partial charge is 0.463 e. The molecular formula is C33H63O17P. The summed E-state index contributed by atoms with van der Waals surface area (Å²) in [5.74, 6) is -0.563. The molecule has 1 saturated carbocycles. The number of phosphoric acid groups is 1. The lowest BCUT2D eigenvalue weighted by Gasteiger charge is -2.47. The number of aliphatic hydroxyl groups excluding tert-OH is 9. The first-order valence-electron chi connectivity index (χ1n) is 18.4. The molecule has 1 saturated heterocycles. The third-order valence-corrected chi connectivity index (χ3v) is 10.3. The average molecular weight is 763 g/mol. The molecule has 13 atom stereocenters. The van der Waals surface area contributed by atoms with E-state index < -0.39 is 107 Å². The van der Waals surface area contributed by atoms with E-state index >= 15 is 0 Å². The van der Waals surface area contributed by atoms with E-state index in [0.717, 1.165) is 19.3 Å². The van der Waals surface area contributed by atoms with E-state index in [1.165, 1.54) is 70.6 Å². The molecule has 6 unspecified atom stereocenters. The monoisotopic (exact) mass is 762 g/mol. The average Bonchev–Trinajstić information content (AvgIpc) is 3.11. The van der Waals surface area contributed by atoms with Gasteiger partial charge >= 0.3 is 13.8 Å². The third kappa shape index (κ3) is 16.2. The molecule has 2 rings (SSSR count). The number of unbranched alkanes of at least 4 members (excludes halogenated alkanes) is 14. The first-order chi connectivity index (χ1) is 24.2. The van der Waals surface area contributed by atoms with Crippen molar-refractivity contribution in [2.24, 2.45) is 0 Å². The number of rotatable bonds is 26. The minimum absolute atomic E-state index is 0.138. The molecule has 10 N–H and O–H groups in total. The quantitative estimate of drug-likeness (QED) is 0.0322. The highest BCUT2D eigenvalue weighted by molar-refractivity contribution is 7.47. The zero-order chi connectivity index (χ0) is 38.0. The van der Waals surface area contributed by atoms with Crippen molar-refractivity contribution in [2.45, 2.75) is 183 Å². The molecule has 0 amide bonds. The fourth-order valence-corrected chi connectivity index (χ4v) is 7.08. The number of phosphoric ester groups is 1. The maximum absolute atomic E-state index is 12.7. The van der Waals surface area contributed by atoms with Gasteiger partial charge in [-0.25, -0.2) is 4.57 Å². The molecule has 18 heteroatoms. The summed E-state index contributed by atoms with van der Waals surface area (Å²) >= 11 is 0. The van der Waals surface area contributed by atoms with Crippen molar-refractivity contribution in [3.8, 4) is 0 Å². The molecule has 51 heavy (non-hydrogen) atoms. The second-order valence-electron chi connectivity index (χ2n) is 13.6. The maximum atomic E-state index is 12.7. The van der Waals surface area contributed by atoms with Crippen LogP contribution in [0.15, 0.2) is 0 Å². The Bertz CT molecular complexity index is 991. The highest BCUT2D eigenvalue weighted by Gasteiger charge is 2.55. The van der Waals surface area contributed by atoms with E-state index in [1.54, 1.807) is 0 Å². The summed E-state index contributed by atoms with van der Waals surface area (Å²) in [6.07, 6.45) is -5.36. The van der Waals surface area contributed by atoms with Gasteiger partial charge in [-0.1, -0.05) is 96.8 Å². The summed E-state index contributed by atoms with van der Waals surface area (Å²) in [7, 11) is -5.24. The minimum Gasteiger partial charge on any atom is -0.463 e. The van der Waals surface area contributed by atoms with Gasteiger partial charge < -0.3 is 65.1 Å². The van der Waals surface area contributed by atoms with E-state index in [-0.39, 0.29) is 6.42 Å². The molecule has 0 aromatic heterocycles. The normalized spacial score (nSPS) is 33.1. The molecular weight excluding hydrogens is 699 g/mol. The van der Waals surface area contributed by atoms with Gasteiger partial charge in [0.15, 0.2) is 6.29 Å². The molecule has 0 aromatic carbocycles. The molecule has 17 nitrogen and oxygen atoms in total. The van der Waals surface area contributed by atoms with Crippen molar-refractivity contribution in [2.75, 3.05) is 19.8 Å². The van der Waals surface area contributed by atoms with E-state index in [0.29, 0.717) is 6.42 Å². The Morgan fingerprint density at radius 2 is 1.14 bits per heavy atom. The zero-order valence-electron chi connectivity index (χ0n) is 29.6. The highest BCUT2D eigenvalue weighted by Crippen LogP contribution is 2.47. The summed E-state index contributed by atoms with van der Waals surface area (Å²) < 4.78 is 38.0. The Morgan fingerprint density at radius 3 is 1.65 bits per heavy atom. The van der Waals surface area contributed by atoms with Gasteiger partial charge in [-0.15, -0.1) is 0 Å². The summed E-state index contributed by atoms with van der Waals surface area (Å²) in [6, 6.07) is 0. The fraction of sp³-hybridized carbons (Fsp3) is 0.970. The summed E-state index contributed by atoms with van der Waals surface area (Å²) in [6.45, 7) is -0.0480. The lowest BCUT2D eigenvalue weighted by Crippen LogP contribution is -2.67. The van der Waals surface area contributed by atoms with Crippen molar-refractivity contribution < 1.29 is 83.5 Å². The molecule has 302 valence electrons. The molecule has 1 aliphatic carbocycles. The highest BCUT2D eigenvalue weighted by atomic mass is 31.2. The number of carbonyl (C=O) groups is 1. The Morgan fingerprint density at radius 1 is 0.667 bits per heavy atom. The SMILES string of the molecule is CCCCCCCCCCCCCCCCCC(=O)OC[C@@H](O)COP(=O)(O)O[C@@H]1C(O)C(O)[C@@H](O)C(O)[C@H]1O[C@H]1OC(CO)[C@@H](O)C(O)[C@H]1O. The van der Waals surface area contributed by atoms with Gasteiger partial charge in [0, 0.05) is 6.42 Å². The van der Waals surface area contributed by atoms with Crippen LogP contribution >= 0.6 is 7.82 Å². The topological polar surface area (TPSA) is 283 Å². The Kier molecular flexibility index (Phi) is 22.3. The molecule has 1 heterocycles. The van der Waals surface area contributed by atoms with Crippen molar-refractivity contribution in [1.82, 2.24) is 0 Å². The van der Waals surface area contributed by atoms with Crippen LogP contribution in [-0.2, 0) is 32.6 Å². The largest absolute Gasteiger partial charge is 0.472 e. The number of hydrogen-bond acceptors (Lipinski definition) is 16. The second kappa shape index (κ2) is 24.5. The number of ether oxygens (including phenoxy) is 3. The maximum Gasteiger partial charge on any atom is 0.472 e. The van der Waals surface area contributed by atoms with Crippen LogP contribution in [0.2, 0.25) is 0 Å². The Hall–Kier alpha value is -0.860. The number of carbonyl (C=O) groups excluding carboxylic acids is 1. The van der Waals surface area contributed by atoms with Crippen molar-refractivity contribution >= 4 is 13.8 Å². The van der Waals surface area contributed by atoms with Crippen LogP contribution in [0, 0.1) is 0 Å². The van der Waals surface area contributed by atoms with Gasteiger partial charge in [0.2, 0.25) is 0 Å². The Labute approximate surface area is 300 Å². The molecule has 2 fully saturated rings. The third-order valence-electron chi connectivity index (χ3n) is 9.29.